The van der Waals surface area contributed by atoms with E-state index in [1.807, 2.05) is 6.92 Å². The van der Waals surface area contributed by atoms with Gasteiger partial charge in [0.25, 0.3) is 0 Å². The normalized spacial score (nSPS) is 7.50. The van der Waals surface area contributed by atoms with Crippen LogP contribution < -0.4 is 0 Å². The lowest BCUT2D eigenvalue weighted by Gasteiger charge is -1.79. The molecule has 0 saturated carbocycles. The molecule has 0 unspecified atom stereocenters. The maximum Gasteiger partial charge on any atom is 0.124 e. The molecule has 0 aliphatic carbocycles. The first-order valence-electron chi connectivity index (χ1n) is 1.85. The highest BCUT2D eigenvalue weighted by molar-refractivity contribution is 5.53. The van der Waals surface area contributed by atoms with Crippen LogP contribution in [0.1, 0.15) is 13.3 Å². The minimum absolute atomic E-state index is 0.500. The van der Waals surface area contributed by atoms with Gasteiger partial charge in [-0.2, -0.15) is 0 Å². The zero-order valence-corrected chi connectivity index (χ0v) is 3.90. The molecule has 0 heterocycles. The number of aldehydes is 1. The summed E-state index contributed by atoms with van der Waals surface area (Å²) in [5, 5.41) is 0. The van der Waals surface area contributed by atoms with E-state index < -0.39 is 0 Å². The van der Waals surface area contributed by atoms with Crippen LogP contribution in [0.4, 0.5) is 0 Å². The van der Waals surface area contributed by atoms with E-state index in [9.17, 15) is 4.79 Å². The quantitative estimate of drug-likeness (QED) is 0.362. The van der Waals surface area contributed by atoms with Gasteiger partial charge < -0.3 is 4.79 Å². The third kappa shape index (κ3) is 3.41. The van der Waals surface area contributed by atoms with Crippen molar-refractivity contribution in [2.45, 2.75) is 13.3 Å². The van der Waals surface area contributed by atoms with Crippen molar-refractivity contribution in [1.82, 2.24) is 0 Å². The number of hydrogen-bond donors (Lipinski definition) is 0. The molecular weight excluding hydrogens is 76.1 g/mol. The van der Waals surface area contributed by atoms with Gasteiger partial charge in [0.05, 0.1) is 0 Å². The summed E-state index contributed by atoms with van der Waals surface area (Å²) >= 11 is 0. The molecule has 1 nitrogen and oxygen atoms in total. The fraction of sp³-hybridized carbons (Fsp3) is 0.400. The van der Waals surface area contributed by atoms with Crippen LogP contribution in [0, 0.1) is 0 Å². The fourth-order valence-electron chi connectivity index (χ4n) is 0.142. The van der Waals surface area contributed by atoms with Gasteiger partial charge in [0.1, 0.15) is 6.29 Å². The Morgan fingerprint density at radius 3 is 2.50 bits per heavy atom. The van der Waals surface area contributed by atoms with E-state index >= 15 is 0 Å². The first-order valence-corrected chi connectivity index (χ1v) is 1.85. The lowest BCUT2D eigenvalue weighted by molar-refractivity contribution is -0.107. The Morgan fingerprint density at radius 2 is 2.50 bits per heavy atom. The highest BCUT2D eigenvalue weighted by Crippen LogP contribution is 1.87. The lowest BCUT2D eigenvalue weighted by Crippen LogP contribution is -1.71. The molecule has 0 radical (unpaired) electrons. The Bertz CT molecular complexity index is 64.3. The molecule has 0 aliphatic rings. The van der Waals surface area contributed by atoms with Crippen molar-refractivity contribution in [3.8, 4) is 0 Å². The first kappa shape index (κ1) is 5.41. The summed E-state index contributed by atoms with van der Waals surface area (Å²) in [5.41, 5.74) is 0.921. The minimum atomic E-state index is 0.500. The van der Waals surface area contributed by atoms with Crippen LogP contribution in [0.5, 0.6) is 0 Å². The van der Waals surface area contributed by atoms with Gasteiger partial charge in [-0.1, -0.05) is 12.2 Å². The predicted molar refractivity (Wildman–Crippen MR) is 25.5 cm³/mol. The maximum absolute atomic E-state index is 9.55. The Hall–Kier alpha value is -0.590. The van der Waals surface area contributed by atoms with E-state index in [0.29, 0.717) is 6.42 Å². The van der Waals surface area contributed by atoms with E-state index in [2.05, 4.69) is 6.58 Å². The molecule has 0 aromatic carbocycles. The molecule has 0 saturated heterocycles. The SMILES string of the molecule is C=C(C)CC=O. The number of hydrogen-bond acceptors (Lipinski definition) is 1. The summed E-state index contributed by atoms with van der Waals surface area (Å²) in [5.74, 6) is 0. The molecule has 0 N–H and O–H groups in total. The molecule has 0 amide bonds. The Kier molecular flexibility index (Phi) is 2.38. The maximum atomic E-state index is 9.55. The van der Waals surface area contributed by atoms with Crippen molar-refractivity contribution in [2.24, 2.45) is 0 Å². The van der Waals surface area contributed by atoms with Gasteiger partial charge in [0, 0.05) is 6.42 Å². The van der Waals surface area contributed by atoms with Gasteiger partial charge in [-0.05, 0) is 6.92 Å². The molecule has 0 fully saturated rings. The Morgan fingerprint density at radius 1 is 2.00 bits per heavy atom. The van der Waals surface area contributed by atoms with Crippen LogP contribution >= 0.6 is 0 Å². The van der Waals surface area contributed by atoms with Crippen LogP contribution in [0.2, 0.25) is 0 Å². The second-order valence-electron chi connectivity index (χ2n) is 1.33. The summed E-state index contributed by atoms with van der Waals surface area (Å²) in [7, 11) is 0. The topological polar surface area (TPSA) is 17.1 Å². The van der Waals surface area contributed by atoms with Crippen LogP contribution in [0.25, 0.3) is 0 Å². The van der Waals surface area contributed by atoms with Crippen molar-refractivity contribution in [3.05, 3.63) is 12.2 Å². The molecule has 6 heavy (non-hydrogen) atoms. The second kappa shape index (κ2) is 2.64. The molecular formula is C5H8O. The van der Waals surface area contributed by atoms with Crippen LogP contribution in [-0.4, -0.2) is 6.29 Å². The molecule has 34 valence electrons. The van der Waals surface area contributed by atoms with Crippen molar-refractivity contribution in [3.63, 3.8) is 0 Å². The summed E-state index contributed by atoms with van der Waals surface area (Å²) in [6, 6.07) is 0. The third-order valence-electron chi connectivity index (χ3n) is 0.432. The smallest absolute Gasteiger partial charge is 0.124 e. The number of rotatable bonds is 2. The molecule has 0 aromatic rings. The van der Waals surface area contributed by atoms with E-state index in [-0.39, 0.29) is 0 Å². The van der Waals surface area contributed by atoms with Crippen molar-refractivity contribution in [1.29, 1.82) is 0 Å². The van der Waals surface area contributed by atoms with Gasteiger partial charge >= 0.3 is 0 Å². The molecule has 0 aromatic heterocycles. The fourth-order valence-corrected chi connectivity index (χ4v) is 0.142. The number of carbonyl (C=O) groups excluding carboxylic acids is 1. The molecule has 0 aliphatic heterocycles. The molecule has 0 bridgehead atoms. The summed E-state index contributed by atoms with van der Waals surface area (Å²) < 4.78 is 0. The predicted octanol–water partition coefficient (Wildman–Crippen LogP) is 1.15. The van der Waals surface area contributed by atoms with Crippen LogP contribution in [0.15, 0.2) is 12.2 Å². The summed E-state index contributed by atoms with van der Waals surface area (Å²) in [6.07, 6.45) is 1.35. The van der Waals surface area contributed by atoms with E-state index in [1.54, 1.807) is 0 Å². The second-order valence-corrected chi connectivity index (χ2v) is 1.33. The Labute approximate surface area is 37.7 Å². The number of carbonyl (C=O) groups is 1. The zero-order valence-electron chi connectivity index (χ0n) is 3.90. The molecule has 1 heteroatoms. The summed E-state index contributed by atoms with van der Waals surface area (Å²) in [6.45, 7) is 5.34. The Balaban J connectivity index is 3.05. The van der Waals surface area contributed by atoms with Gasteiger partial charge in [-0.3, -0.25) is 0 Å². The van der Waals surface area contributed by atoms with Gasteiger partial charge in [-0.25, -0.2) is 0 Å². The highest BCUT2D eigenvalue weighted by Gasteiger charge is 1.75. The van der Waals surface area contributed by atoms with Crippen molar-refractivity contribution in [2.75, 3.05) is 0 Å². The highest BCUT2D eigenvalue weighted by atomic mass is 16.1. The minimum Gasteiger partial charge on any atom is -0.303 e. The standard InChI is InChI=1S/C5H8O/c1-5(2)3-4-6/h4H,1,3H2,2H3. The van der Waals surface area contributed by atoms with E-state index in [4.69, 9.17) is 0 Å². The molecule has 0 atom stereocenters. The van der Waals surface area contributed by atoms with E-state index in [1.165, 1.54) is 0 Å². The molecule has 0 spiro atoms. The third-order valence-corrected chi connectivity index (χ3v) is 0.432. The van der Waals surface area contributed by atoms with Gasteiger partial charge in [-0.15, -0.1) is 0 Å². The van der Waals surface area contributed by atoms with Crippen LogP contribution in [-0.2, 0) is 4.79 Å². The zero-order chi connectivity index (χ0) is 4.99. The average Bonchev–Trinajstić information content (AvgIpc) is 1.35. The van der Waals surface area contributed by atoms with E-state index in [0.717, 1.165) is 11.9 Å². The van der Waals surface area contributed by atoms with Crippen molar-refractivity contribution >= 4 is 6.29 Å². The largest absolute Gasteiger partial charge is 0.303 e. The monoisotopic (exact) mass is 84.1 g/mol. The van der Waals surface area contributed by atoms with Gasteiger partial charge in [0.15, 0.2) is 0 Å². The van der Waals surface area contributed by atoms with Crippen molar-refractivity contribution < 1.29 is 4.79 Å². The molecule has 0 rings (SSSR count). The summed E-state index contributed by atoms with van der Waals surface area (Å²) in [4.78, 5) is 9.55. The lowest BCUT2D eigenvalue weighted by atomic mass is 10.3. The van der Waals surface area contributed by atoms with Crippen LogP contribution in [0.3, 0.4) is 0 Å². The first-order chi connectivity index (χ1) is 2.77. The number of allylic oxidation sites excluding steroid dienone is 1. The van der Waals surface area contributed by atoms with Gasteiger partial charge in [0.2, 0.25) is 0 Å². The average molecular weight is 84.1 g/mol.